The number of esters is 1. The molecule has 0 aliphatic carbocycles. The molecule has 3 aromatic rings. The Morgan fingerprint density at radius 2 is 1.70 bits per heavy atom. The Labute approximate surface area is 157 Å². The van der Waals surface area contributed by atoms with Gasteiger partial charge >= 0.3 is 5.97 Å². The van der Waals surface area contributed by atoms with Gasteiger partial charge in [-0.25, -0.2) is 0 Å². The summed E-state index contributed by atoms with van der Waals surface area (Å²) in [6, 6.07) is 19.5. The lowest BCUT2D eigenvalue weighted by molar-refractivity contribution is -0.140. The number of hydrogen-bond donors (Lipinski definition) is 1. The van der Waals surface area contributed by atoms with Crippen LogP contribution in [0.15, 0.2) is 66.9 Å². The van der Waals surface area contributed by atoms with E-state index < -0.39 is 0 Å². The van der Waals surface area contributed by atoms with Crippen molar-refractivity contribution in [3.8, 4) is 11.3 Å². The normalized spacial score (nSPS) is 10.4. The molecule has 0 radical (unpaired) electrons. The molecule has 0 spiro atoms. The van der Waals surface area contributed by atoms with Gasteiger partial charge in [-0.15, -0.1) is 0 Å². The second-order valence-electron chi connectivity index (χ2n) is 6.02. The molecule has 6 heteroatoms. The van der Waals surface area contributed by atoms with E-state index in [2.05, 4.69) is 15.2 Å². The summed E-state index contributed by atoms with van der Waals surface area (Å²) in [7, 11) is 1.32. The minimum atomic E-state index is -0.363. The predicted molar refractivity (Wildman–Crippen MR) is 102 cm³/mol. The number of carbonyl (C=O) groups excluding carboxylic acids is 2. The number of methoxy groups -OCH3 is 1. The molecule has 0 bridgehead atoms. The van der Waals surface area contributed by atoms with Gasteiger partial charge in [0.2, 0.25) is 0 Å². The van der Waals surface area contributed by atoms with Crippen molar-refractivity contribution in [3.05, 3.63) is 78.0 Å². The molecule has 6 nitrogen and oxygen atoms in total. The van der Waals surface area contributed by atoms with Crippen LogP contribution in [-0.4, -0.2) is 35.3 Å². The molecular formula is C21H21N3O3. The first-order chi connectivity index (χ1) is 13.2. The molecule has 0 saturated carbocycles. The lowest BCUT2D eigenvalue weighted by Gasteiger charge is -2.04. The molecule has 1 aromatic heterocycles. The highest BCUT2D eigenvalue weighted by atomic mass is 16.5. The quantitative estimate of drug-likeness (QED) is 0.655. The molecule has 3 rings (SSSR count). The Kier molecular flexibility index (Phi) is 5.99. The number of amides is 1. The first kappa shape index (κ1) is 18.4. The average molecular weight is 363 g/mol. The highest BCUT2D eigenvalue weighted by Crippen LogP contribution is 2.22. The summed E-state index contributed by atoms with van der Waals surface area (Å²) in [6.45, 7) is 0.777. The zero-order valence-electron chi connectivity index (χ0n) is 15.1. The minimum absolute atomic E-state index is 0.126. The highest BCUT2D eigenvalue weighted by Gasteiger charge is 2.18. The van der Waals surface area contributed by atoms with E-state index in [1.54, 1.807) is 10.9 Å². The van der Waals surface area contributed by atoms with Crippen molar-refractivity contribution in [3.63, 3.8) is 0 Å². The highest BCUT2D eigenvalue weighted by molar-refractivity contribution is 5.99. The summed E-state index contributed by atoms with van der Waals surface area (Å²) >= 11 is 0. The van der Waals surface area contributed by atoms with Gasteiger partial charge in [-0.2, -0.15) is 5.10 Å². The van der Waals surface area contributed by atoms with Crippen LogP contribution < -0.4 is 5.32 Å². The standard InChI is InChI=1S/C21H21N3O3/c1-27-19(25)12-13-22-21(26)18-15-24(14-16-8-4-2-5-9-16)23-20(18)17-10-6-3-7-11-17/h2-11,15H,12-14H2,1H3,(H,22,26). The smallest absolute Gasteiger partial charge is 0.307 e. The van der Waals surface area contributed by atoms with Gasteiger partial charge in [0.1, 0.15) is 5.69 Å². The topological polar surface area (TPSA) is 73.2 Å². The largest absolute Gasteiger partial charge is 0.469 e. The Bertz CT molecular complexity index is 905. The van der Waals surface area contributed by atoms with Crippen LogP contribution in [0, 0.1) is 0 Å². The molecule has 138 valence electrons. The van der Waals surface area contributed by atoms with Crippen molar-refractivity contribution >= 4 is 11.9 Å². The molecule has 0 fully saturated rings. The molecule has 0 atom stereocenters. The van der Waals surface area contributed by atoms with Crippen LogP contribution in [0.4, 0.5) is 0 Å². The number of rotatable bonds is 7. The summed E-state index contributed by atoms with van der Waals surface area (Å²) in [5.41, 5.74) is 3.05. The van der Waals surface area contributed by atoms with Gasteiger partial charge in [-0.3, -0.25) is 14.3 Å². The average Bonchev–Trinajstić information content (AvgIpc) is 3.13. The Hall–Kier alpha value is -3.41. The fourth-order valence-corrected chi connectivity index (χ4v) is 2.72. The molecular weight excluding hydrogens is 342 g/mol. The molecule has 0 aliphatic rings. The second-order valence-corrected chi connectivity index (χ2v) is 6.02. The van der Waals surface area contributed by atoms with Gasteiger partial charge < -0.3 is 10.1 Å². The minimum Gasteiger partial charge on any atom is -0.469 e. The van der Waals surface area contributed by atoms with Gasteiger partial charge in [0.25, 0.3) is 5.91 Å². The summed E-state index contributed by atoms with van der Waals surface area (Å²) < 4.78 is 6.35. The maximum Gasteiger partial charge on any atom is 0.307 e. The molecule has 27 heavy (non-hydrogen) atoms. The third-order valence-corrected chi connectivity index (χ3v) is 4.08. The first-order valence-corrected chi connectivity index (χ1v) is 8.69. The number of ether oxygens (including phenoxy) is 1. The van der Waals surface area contributed by atoms with Crippen molar-refractivity contribution in [1.29, 1.82) is 0 Å². The van der Waals surface area contributed by atoms with Crippen LogP contribution in [0.3, 0.4) is 0 Å². The van der Waals surface area contributed by atoms with E-state index in [4.69, 9.17) is 0 Å². The number of nitrogens with zero attached hydrogens (tertiary/aromatic N) is 2. The maximum atomic E-state index is 12.7. The van der Waals surface area contributed by atoms with Crippen LogP contribution in [0.5, 0.6) is 0 Å². The SMILES string of the molecule is COC(=O)CCNC(=O)c1cn(Cc2ccccc2)nc1-c1ccccc1. The molecule has 1 amide bonds. The fraction of sp³-hybridized carbons (Fsp3) is 0.190. The van der Waals surface area contributed by atoms with Gasteiger partial charge in [-0.05, 0) is 5.56 Å². The maximum absolute atomic E-state index is 12.7. The molecule has 1 N–H and O–H groups in total. The lowest BCUT2D eigenvalue weighted by Crippen LogP contribution is -2.26. The van der Waals surface area contributed by atoms with Gasteiger partial charge in [0.15, 0.2) is 0 Å². The zero-order chi connectivity index (χ0) is 19.1. The first-order valence-electron chi connectivity index (χ1n) is 8.69. The van der Waals surface area contributed by atoms with E-state index in [0.29, 0.717) is 17.8 Å². The van der Waals surface area contributed by atoms with E-state index in [-0.39, 0.29) is 24.8 Å². The predicted octanol–water partition coefficient (Wildman–Crippen LogP) is 2.89. The van der Waals surface area contributed by atoms with Crippen molar-refractivity contribution in [2.75, 3.05) is 13.7 Å². The van der Waals surface area contributed by atoms with Crippen LogP contribution in [0.25, 0.3) is 11.3 Å². The number of benzene rings is 2. The van der Waals surface area contributed by atoms with E-state index in [0.717, 1.165) is 11.1 Å². The van der Waals surface area contributed by atoms with Crippen LogP contribution in [-0.2, 0) is 16.1 Å². The molecule has 1 heterocycles. The molecule has 2 aromatic carbocycles. The fourth-order valence-electron chi connectivity index (χ4n) is 2.72. The van der Waals surface area contributed by atoms with E-state index in [1.807, 2.05) is 60.7 Å². The van der Waals surface area contributed by atoms with Crippen LogP contribution >= 0.6 is 0 Å². The van der Waals surface area contributed by atoms with Gasteiger partial charge in [-0.1, -0.05) is 60.7 Å². The second kappa shape index (κ2) is 8.80. The van der Waals surface area contributed by atoms with Crippen molar-refractivity contribution in [2.45, 2.75) is 13.0 Å². The number of aromatic nitrogens is 2. The monoisotopic (exact) mass is 363 g/mol. The summed E-state index contributed by atoms with van der Waals surface area (Å²) in [5.74, 6) is -0.629. The number of hydrogen-bond acceptors (Lipinski definition) is 4. The van der Waals surface area contributed by atoms with Crippen LogP contribution in [0.1, 0.15) is 22.3 Å². The van der Waals surface area contributed by atoms with Crippen molar-refractivity contribution < 1.29 is 14.3 Å². The van der Waals surface area contributed by atoms with Crippen molar-refractivity contribution in [1.82, 2.24) is 15.1 Å². The Morgan fingerprint density at radius 1 is 1.04 bits per heavy atom. The lowest BCUT2D eigenvalue weighted by atomic mass is 10.1. The summed E-state index contributed by atoms with van der Waals surface area (Å²) in [5, 5.41) is 7.38. The van der Waals surface area contributed by atoms with Crippen LogP contribution in [0.2, 0.25) is 0 Å². The van der Waals surface area contributed by atoms with Gasteiger partial charge in [0.05, 0.1) is 25.6 Å². The number of carbonyl (C=O) groups is 2. The van der Waals surface area contributed by atoms with E-state index in [9.17, 15) is 9.59 Å². The Morgan fingerprint density at radius 3 is 2.37 bits per heavy atom. The molecule has 0 aliphatic heterocycles. The van der Waals surface area contributed by atoms with E-state index >= 15 is 0 Å². The number of nitrogens with one attached hydrogen (secondary N) is 1. The summed E-state index contributed by atoms with van der Waals surface area (Å²) in [6.07, 6.45) is 1.86. The third-order valence-electron chi connectivity index (χ3n) is 4.08. The molecule has 0 saturated heterocycles. The summed E-state index contributed by atoms with van der Waals surface area (Å²) in [4.78, 5) is 23.9. The zero-order valence-corrected chi connectivity index (χ0v) is 15.1. The van der Waals surface area contributed by atoms with E-state index in [1.165, 1.54) is 7.11 Å². The van der Waals surface area contributed by atoms with Gasteiger partial charge in [0, 0.05) is 18.3 Å². The third kappa shape index (κ3) is 4.82. The van der Waals surface area contributed by atoms with Crippen molar-refractivity contribution in [2.24, 2.45) is 0 Å². The molecule has 0 unspecified atom stereocenters. The Balaban J connectivity index is 1.84.